The number of halogens is 8. The summed E-state index contributed by atoms with van der Waals surface area (Å²) in [6.45, 7) is 2.61. The topological polar surface area (TPSA) is 105 Å². The molecule has 8 nitrogen and oxygen atoms in total. The number of rotatable bonds is 17. The molecule has 0 saturated heterocycles. The average molecular weight is 623 g/mol. The summed E-state index contributed by atoms with van der Waals surface area (Å²) >= 11 is 0. The van der Waals surface area contributed by atoms with E-state index in [0.717, 1.165) is 36.5 Å². The molecule has 0 N–H and O–H groups in total. The molecule has 238 valence electrons. The van der Waals surface area contributed by atoms with Crippen LogP contribution in [0, 0.1) is 0 Å². The van der Waals surface area contributed by atoms with Gasteiger partial charge in [0.2, 0.25) is 0 Å². The van der Waals surface area contributed by atoms with Crippen LogP contribution < -0.4 is 0 Å². The second-order valence-corrected chi connectivity index (χ2v) is 8.34. The third-order valence-electron chi connectivity index (χ3n) is 4.88. The van der Waals surface area contributed by atoms with Gasteiger partial charge in [0.25, 0.3) is 0 Å². The number of allylic oxidation sites excluding steroid dienone is 4. The zero-order chi connectivity index (χ0) is 32.8. The van der Waals surface area contributed by atoms with Crippen LogP contribution in [0.15, 0.2) is 48.6 Å². The van der Waals surface area contributed by atoms with Crippen LogP contribution >= 0.6 is 0 Å². The van der Waals surface area contributed by atoms with E-state index < -0.39 is 85.8 Å². The zero-order valence-corrected chi connectivity index (χ0v) is 22.9. The Hall–Kier alpha value is -3.72. The van der Waals surface area contributed by atoms with Crippen LogP contribution in [0.4, 0.5) is 35.1 Å². The highest BCUT2D eigenvalue weighted by Gasteiger charge is 2.80. The lowest BCUT2D eigenvalue weighted by Gasteiger charge is -2.38. The maximum absolute atomic E-state index is 14.7. The lowest BCUT2D eigenvalue weighted by atomic mass is 9.92. The van der Waals surface area contributed by atoms with Gasteiger partial charge < -0.3 is 18.9 Å². The Morgan fingerprint density at radius 1 is 0.524 bits per heavy atom. The standard InChI is InChI=1S/C26H30F8O8/c1-5-9-19(35)39-15-17(41-21(37)11-7-3)13-23(27,28)25(31,32)26(33,34)24(29,30)14-18(42-22(38)12-8-4)16-40-20(36)10-6-2/h5-12,17-18H,13-16H2,1-4H3. The maximum atomic E-state index is 14.7. The molecule has 16 heteroatoms. The van der Waals surface area contributed by atoms with Crippen molar-refractivity contribution in [1.29, 1.82) is 0 Å². The van der Waals surface area contributed by atoms with Gasteiger partial charge in [-0.25, -0.2) is 19.2 Å². The SMILES string of the molecule is CC=CC(=O)OCC(CC(F)(F)C(F)(F)C(F)(F)C(F)(F)CC(COC(=O)C=CC)OC(=O)C=CC)OC(=O)C=CC. The minimum atomic E-state index is -6.82. The summed E-state index contributed by atoms with van der Waals surface area (Å²) in [6, 6.07) is 0. The third kappa shape index (κ3) is 11.3. The first-order valence-corrected chi connectivity index (χ1v) is 12.1. The van der Waals surface area contributed by atoms with Crippen molar-refractivity contribution in [3.63, 3.8) is 0 Å². The lowest BCUT2D eigenvalue weighted by molar-refractivity contribution is -0.372. The van der Waals surface area contributed by atoms with Gasteiger partial charge in [0, 0.05) is 24.3 Å². The zero-order valence-electron chi connectivity index (χ0n) is 22.9. The molecular formula is C26H30F8O8. The van der Waals surface area contributed by atoms with Gasteiger partial charge in [-0.2, -0.15) is 35.1 Å². The van der Waals surface area contributed by atoms with E-state index in [4.69, 9.17) is 0 Å². The fourth-order valence-electron chi connectivity index (χ4n) is 2.95. The molecule has 0 radical (unpaired) electrons. The van der Waals surface area contributed by atoms with Crippen LogP contribution in [0.5, 0.6) is 0 Å². The van der Waals surface area contributed by atoms with Gasteiger partial charge in [-0.3, -0.25) is 0 Å². The van der Waals surface area contributed by atoms with E-state index in [1.54, 1.807) is 0 Å². The number of esters is 4. The molecule has 0 aromatic heterocycles. The Balaban J connectivity index is 6.21. The molecular weight excluding hydrogens is 592 g/mol. The summed E-state index contributed by atoms with van der Waals surface area (Å²) in [7, 11) is 0. The predicted molar refractivity (Wildman–Crippen MR) is 130 cm³/mol. The van der Waals surface area contributed by atoms with Gasteiger partial charge in [-0.05, 0) is 27.7 Å². The highest BCUT2D eigenvalue weighted by Crippen LogP contribution is 2.55. The Bertz CT molecular complexity index is 969. The molecule has 0 bridgehead atoms. The fourth-order valence-corrected chi connectivity index (χ4v) is 2.95. The normalized spacial score (nSPS) is 14.9. The first-order chi connectivity index (χ1) is 19.3. The Labute approximate surface area is 236 Å². The number of carbonyl (C=O) groups excluding carboxylic acids is 4. The minimum Gasteiger partial charge on any atom is -0.459 e. The molecule has 0 aromatic carbocycles. The molecule has 42 heavy (non-hydrogen) atoms. The number of hydrogen-bond acceptors (Lipinski definition) is 8. The van der Waals surface area contributed by atoms with Gasteiger partial charge in [0.05, 0.1) is 12.8 Å². The second kappa shape index (κ2) is 16.7. The van der Waals surface area contributed by atoms with E-state index in [1.807, 2.05) is 0 Å². The second-order valence-electron chi connectivity index (χ2n) is 8.34. The van der Waals surface area contributed by atoms with Crippen LogP contribution in [0.3, 0.4) is 0 Å². The van der Waals surface area contributed by atoms with Crippen LogP contribution in [0.1, 0.15) is 40.5 Å². The minimum absolute atomic E-state index is 0.637. The predicted octanol–water partition coefficient (Wildman–Crippen LogP) is 5.52. The molecule has 0 heterocycles. The Kier molecular flexibility index (Phi) is 15.2. The molecule has 0 saturated carbocycles. The molecule has 0 rings (SSSR count). The van der Waals surface area contributed by atoms with E-state index in [9.17, 15) is 54.3 Å². The van der Waals surface area contributed by atoms with Gasteiger partial charge in [0.1, 0.15) is 25.4 Å². The van der Waals surface area contributed by atoms with Crippen molar-refractivity contribution < 1.29 is 73.2 Å². The van der Waals surface area contributed by atoms with Gasteiger partial charge in [-0.15, -0.1) is 0 Å². The van der Waals surface area contributed by atoms with E-state index in [0.29, 0.717) is 12.2 Å². The molecule has 0 aliphatic heterocycles. The van der Waals surface area contributed by atoms with Gasteiger partial charge >= 0.3 is 47.6 Å². The smallest absolute Gasteiger partial charge is 0.378 e. The molecule has 0 amide bonds. The molecule has 0 aromatic rings. The molecule has 0 aliphatic rings. The summed E-state index contributed by atoms with van der Waals surface area (Å²) in [4.78, 5) is 46.3. The van der Waals surface area contributed by atoms with Crippen molar-refractivity contribution >= 4 is 23.9 Å². The average Bonchev–Trinajstić information content (AvgIpc) is 2.85. The summed E-state index contributed by atoms with van der Waals surface area (Å²) in [6.07, 6.45) is -2.73. The van der Waals surface area contributed by atoms with E-state index >= 15 is 0 Å². The summed E-state index contributed by atoms with van der Waals surface area (Å²) in [5.41, 5.74) is 0. The van der Waals surface area contributed by atoms with E-state index in [1.165, 1.54) is 27.7 Å². The first-order valence-electron chi connectivity index (χ1n) is 12.1. The number of carbonyl (C=O) groups is 4. The summed E-state index contributed by atoms with van der Waals surface area (Å²) < 4.78 is 135. The van der Waals surface area contributed by atoms with Crippen LogP contribution in [0.25, 0.3) is 0 Å². The maximum Gasteiger partial charge on any atom is 0.378 e. The fraction of sp³-hybridized carbons (Fsp3) is 0.538. The van der Waals surface area contributed by atoms with Crippen molar-refractivity contribution in [2.45, 2.75) is 76.4 Å². The number of ether oxygens (including phenoxy) is 4. The third-order valence-corrected chi connectivity index (χ3v) is 4.88. The van der Waals surface area contributed by atoms with Crippen LogP contribution in [0.2, 0.25) is 0 Å². The van der Waals surface area contributed by atoms with Crippen molar-refractivity contribution in [3.8, 4) is 0 Å². The molecule has 2 atom stereocenters. The number of alkyl halides is 8. The van der Waals surface area contributed by atoms with E-state index in [2.05, 4.69) is 18.9 Å². The van der Waals surface area contributed by atoms with Crippen molar-refractivity contribution in [3.05, 3.63) is 48.6 Å². The summed E-state index contributed by atoms with van der Waals surface area (Å²) in [5.74, 6) is -30.9. The Morgan fingerprint density at radius 3 is 1.05 bits per heavy atom. The van der Waals surface area contributed by atoms with Gasteiger partial charge in [-0.1, -0.05) is 24.3 Å². The van der Waals surface area contributed by atoms with Crippen LogP contribution in [-0.2, 0) is 38.1 Å². The lowest BCUT2D eigenvalue weighted by Crippen LogP contribution is -2.63. The highest BCUT2D eigenvalue weighted by atomic mass is 19.4. The molecule has 0 fully saturated rings. The largest absolute Gasteiger partial charge is 0.459 e. The molecule has 0 spiro atoms. The highest BCUT2D eigenvalue weighted by molar-refractivity contribution is 5.83. The summed E-state index contributed by atoms with van der Waals surface area (Å²) in [5, 5.41) is 0. The van der Waals surface area contributed by atoms with Crippen molar-refractivity contribution in [2.24, 2.45) is 0 Å². The monoisotopic (exact) mass is 622 g/mol. The van der Waals surface area contributed by atoms with Crippen molar-refractivity contribution in [1.82, 2.24) is 0 Å². The van der Waals surface area contributed by atoms with E-state index in [-0.39, 0.29) is 0 Å². The Morgan fingerprint density at radius 2 is 0.786 bits per heavy atom. The first kappa shape index (κ1) is 38.3. The number of hydrogen-bond donors (Lipinski definition) is 0. The molecule has 0 aliphatic carbocycles. The molecule has 2 unspecified atom stereocenters. The van der Waals surface area contributed by atoms with Crippen molar-refractivity contribution in [2.75, 3.05) is 13.2 Å². The van der Waals surface area contributed by atoms with Crippen LogP contribution in [-0.4, -0.2) is 73.0 Å². The van der Waals surface area contributed by atoms with Gasteiger partial charge in [0.15, 0.2) is 0 Å². The quantitative estimate of drug-likeness (QED) is 0.0904.